The zero-order valence-corrected chi connectivity index (χ0v) is 22.4. The van der Waals surface area contributed by atoms with Gasteiger partial charge in [-0.15, -0.1) is 0 Å². The lowest BCUT2D eigenvalue weighted by Gasteiger charge is -2.47. The van der Waals surface area contributed by atoms with Crippen molar-refractivity contribution in [1.82, 2.24) is 24.7 Å². The van der Waals surface area contributed by atoms with Gasteiger partial charge < -0.3 is 24.8 Å². The van der Waals surface area contributed by atoms with E-state index < -0.39 is 5.60 Å². The molecule has 2 aromatic rings. The van der Waals surface area contributed by atoms with E-state index >= 15 is 0 Å². The molecular weight excluding hydrogens is 478 g/mol. The van der Waals surface area contributed by atoms with E-state index in [0.717, 1.165) is 25.2 Å². The molecule has 204 valence electrons. The van der Waals surface area contributed by atoms with Crippen LogP contribution in [0.5, 0.6) is 0 Å². The second-order valence-electron chi connectivity index (χ2n) is 11.8. The summed E-state index contributed by atoms with van der Waals surface area (Å²) < 4.78 is 2.47. The highest BCUT2D eigenvalue weighted by atomic mass is 16.3. The summed E-state index contributed by atoms with van der Waals surface area (Å²) >= 11 is 0. The Labute approximate surface area is 225 Å². The number of nitrogens with one attached hydrogen (secondary N) is 1. The molecule has 2 saturated carbocycles. The summed E-state index contributed by atoms with van der Waals surface area (Å²) in [6.45, 7) is 2.70. The minimum Gasteiger partial charge on any atom is -0.380 e. The maximum absolute atomic E-state index is 13.3. The van der Waals surface area contributed by atoms with Crippen molar-refractivity contribution in [1.29, 1.82) is 0 Å². The van der Waals surface area contributed by atoms with Crippen LogP contribution < -0.4 is 5.32 Å². The van der Waals surface area contributed by atoms with Crippen molar-refractivity contribution in [2.45, 2.75) is 94.4 Å². The number of rotatable bonds is 3. The summed E-state index contributed by atoms with van der Waals surface area (Å²) in [6.07, 6.45) is 16.5. The van der Waals surface area contributed by atoms with Crippen molar-refractivity contribution in [3.05, 3.63) is 53.6 Å². The molecule has 1 saturated heterocycles. The van der Waals surface area contributed by atoms with Gasteiger partial charge in [-0.1, -0.05) is 57.1 Å². The number of aromatic nitrogens is 2. The van der Waals surface area contributed by atoms with E-state index in [1.807, 2.05) is 23.2 Å². The molecule has 38 heavy (non-hydrogen) atoms. The molecule has 1 unspecified atom stereocenters. The Balaban J connectivity index is 1.18. The lowest BCUT2D eigenvalue weighted by molar-refractivity contribution is -0.143. The van der Waals surface area contributed by atoms with E-state index in [2.05, 4.69) is 33.2 Å². The first-order chi connectivity index (χ1) is 18.5. The lowest BCUT2D eigenvalue weighted by atomic mass is 9.75. The van der Waals surface area contributed by atoms with E-state index in [1.54, 1.807) is 4.90 Å². The first-order valence-electron chi connectivity index (χ1n) is 14.7. The van der Waals surface area contributed by atoms with Crippen molar-refractivity contribution in [2.75, 3.05) is 26.2 Å². The van der Waals surface area contributed by atoms with Crippen LogP contribution >= 0.6 is 0 Å². The Hall–Kier alpha value is -2.71. The summed E-state index contributed by atoms with van der Waals surface area (Å²) in [7, 11) is 0. The molecule has 0 bridgehead atoms. The minimum atomic E-state index is -1.14. The molecule has 1 aromatic carbocycles. The Bertz CT molecular complexity index is 1140. The molecule has 8 heteroatoms. The van der Waals surface area contributed by atoms with Crippen LogP contribution in [0.1, 0.15) is 98.4 Å². The van der Waals surface area contributed by atoms with Crippen LogP contribution in [0.3, 0.4) is 0 Å². The Kier molecular flexibility index (Phi) is 7.03. The van der Waals surface area contributed by atoms with E-state index in [1.165, 1.54) is 50.5 Å². The largest absolute Gasteiger partial charge is 0.380 e. The van der Waals surface area contributed by atoms with Crippen LogP contribution in [0, 0.1) is 0 Å². The van der Waals surface area contributed by atoms with E-state index in [4.69, 9.17) is 0 Å². The zero-order valence-electron chi connectivity index (χ0n) is 22.4. The maximum atomic E-state index is 13.3. The van der Waals surface area contributed by atoms with Gasteiger partial charge in [0.1, 0.15) is 11.4 Å². The van der Waals surface area contributed by atoms with Gasteiger partial charge in [0.15, 0.2) is 0 Å². The highest BCUT2D eigenvalue weighted by molar-refractivity contribution is 5.94. The van der Waals surface area contributed by atoms with Gasteiger partial charge in [0.2, 0.25) is 0 Å². The summed E-state index contributed by atoms with van der Waals surface area (Å²) in [5, 5.41) is 14.0. The molecule has 3 fully saturated rings. The van der Waals surface area contributed by atoms with Crippen LogP contribution in [0.15, 0.2) is 36.7 Å². The average Bonchev–Trinajstić information content (AvgIpc) is 3.51. The van der Waals surface area contributed by atoms with Gasteiger partial charge in [0.25, 0.3) is 11.8 Å². The van der Waals surface area contributed by atoms with Gasteiger partial charge in [0, 0.05) is 44.1 Å². The van der Waals surface area contributed by atoms with Crippen LogP contribution in [-0.2, 0) is 16.9 Å². The van der Waals surface area contributed by atoms with Gasteiger partial charge in [-0.05, 0) is 43.4 Å². The molecule has 8 nitrogen and oxygen atoms in total. The smallest absolute Gasteiger partial charge is 0.254 e. The minimum absolute atomic E-state index is 0.00990. The SMILES string of the molecule is O=C(c1ccc(C2NCc3nccn3C23CCCCCCCCC3)cc1)N1CCN(C(=O)C2(O)CC2)CC1. The van der Waals surface area contributed by atoms with Gasteiger partial charge in [0.05, 0.1) is 18.1 Å². The molecule has 1 spiro atoms. The van der Waals surface area contributed by atoms with Gasteiger partial charge in [-0.2, -0.15) is 0 Å². The topological polar surface area (TPSA) is 90.7 Å². The Morgan fingerprint density at radius 3 is 2.08 bits per heavy atom. The second-order valence-corrected chi connectivity index (χ2v) is 11.8. The number of benzene rings is 1. The average molecular weight is 520 g/mol. The summed E-state index contributed by atoms with van der Waals surface area (Å²) in [4.78, 5) is 33.9. The van der Waals surface area contributed by atoms with Crippen molar-refractivity contribution in [3.63, 3.8) is 0 Å². The van der Waals surface area contributed by atoms with Gasteiger partial charge in [-0.25, -0.2) is 4.98 Å². The number of aliphatic hydroxyl groups is 1. The number of hydrogen-bond acceptors (Lipinski definition) is 5. The molecule has 4 aliphatic rings. The maximum Gasteiger partial charge on any atom is 0.254 e. The van der Waals surface area contributed by atoms with E-state index in [-0.39, 0.29) is 23.4 Å². The fraction of sp³-hybridized carbons (Fsp3) is 0.633. The predicted octanol–water partition coefficient (Wildman–Crippen LogP) is 3.76. The fourth-order valence-electron chi connectivity index (χ4n) is 6.96. The highest BCUT2D eigenvalue weighted by Crippen LogP contribution is 2.45. The van der Waals surface area contributed by atoms with Gasteiger partial charge in [-0.3, -0.25) is 9.59 Å². The second kappa shape index (κ2) is 10.5. The van der Waals surface area contributed by atoms with Crippen LogP contribution in [0.25, 0.3) is 0 Å². The number of carbonyl (C=O) groups is 2. The number of imidazole rings is 1. The normalized spacial score (nSPS) is 25.0. The Morgan fingerprint density at radius 2 is 1.45 bits per heavy atom. The predicted molar refractivity (Wildman–Crippen MR) is 144 cm³/mol. The number of carbonyl (C=O) groups excluding carboxylic acids is 2. The summed E-state index contributed by atoms with van der Waals surface area (Å²) in [5.74, 6) is 0.955. The lowest BCUT2D eigenvalue weighted by Crippen LogP contribution is -2.53. The quantitative estimate of drug-likeness (QED) is 0.645. The first-order valence-corrected chi connectivity index (χ1v) is 14.7. The number of piperazine rings is 1. The fourth-order valence-corrected chi connectivity index (χ4v) is 6.96. The monoisotopic (exact) mass is 519 g/mol. The standard InChI is InChI=1S/C30H41N5O3/c36-27(33-18-20-34(21-19-33)28(37)30(38)14-15-30)24-10-8-23(9-11-24)26-29(35-17-16-31-25(35)22-32-26)12-6-4-2-1-3-5-7-13-29/h8-11,16-17,26,32,38H,1-7,12-15,18-22H2. The third kappa shape index (κ3) is 4.77. The third-order valence-electron chi connectivity index (χ3n) is 9.38. The highest BCUT2D eigenvalue weighted by Gasteiger charge is 2.50. The van der Waals surface area contributed by atoms with Crippen LogP contribution in [-0.4, -0.2) is 68.1 Å². The van der Waals surface area contributed by atoms with Crippen molar-refractivity contribution < 1.29 is 14.7 Å². The number of nitrogens with zero attached hydrogens (tertiary/aromatic N) is 4. The molecule has 2 aliphatic heterocycles. The van der Waals surface area contributed by atoms with Crippen LogP contribution in [0.2, 0.25) is 0 Å². The van der Waals surface area contributed by atoms with Crippen molar-refractivity contribution >= 4 is 11.8 Å². The first kappa shape index (κ1) is 25.6. The van der Waals surface area contributed by atoms with Crippen LogP contribution in [0.4, 0.5) is 0 Å². The molecule has 2 aliphatic carbocycles. The van der Waals surface area contributed by atoms with Crippen molar-refractivity contribution in [2.24, 2.45) is 0 Å². The molecular formula is C30H41N5O3. The summed E-state index contributed by atoms with van der Waals surface area (Å²) in [5.41, 5.74) is 0.736. The molecule has 2 N–H and O–H groups in total. The number of fused-ring (bicyclic) bond motifs is 2. The molecule has 2 amide bonds. The molecule has 1 atom stereocenters. The van der Waals surface area contributed by atoms with E-state index in [0.29, 0.717) is 44.6 Å². The molecule has 1 aromatic heterocycles. The molecule has 6 rings (SSSR count). The molecule has 3 heterocycles. The summed E-state index contributed by atoms with van der Waals surface area (Å²) in [6, 6.07) is 8.39. The number of hydrogen-bond donors (Lipinski definition) is 2. The third-order valence-corrected chi connectivity index (χ3v) is 9.38. The molecule has 0 radical (unpaired) electrons. The number of amides is 2. The zero-order chi connectivity index (χ0) is 26.2. The van der Waals surface area contributed by atoms with Crippen molar-refractivity contribution in [3.8, 4) is 0 Å². The van der Waals surface area contributed by atoms with Gasteiger partial charge >= 0.3 is 0 Å². The Morgan fingerprint density at radius 1 is 0.842 bits per heavy atom. The van der Waals surface area contributed by atoms with E-state index in [9.17, 15) is 14.7 Å².